The van der Waals surface area contributed by atoms with Crippen molar-refractivity contribution in [3.05, 3.63) is 35.7 Å². The van der Waals surface area contributed by atoms with Gasteiger partial charge >= 0.3 is 6.09 Å². The summed E-state index contributed by atoms with van der Waals surface area (Å²) in [5.74, 6) is 0.599. The first-order valence-electron chi connectivity index (χ1n) is 12.9. The van der Waals surface area contributed by atoms with Gasteiger partial charge in [0.25, 0.3) is 0 Å². The first-order valence-corrected chi connectivity index (χ1v) is 12.9. The predicted molar refractivity (Wildman–Crippen MR) is 137 cm³/mol. The molecule has 0 aliphatic heterocycles. The van der Waals surface area contributed by atoms with Crippen LogP contribution in [0.2, 0.25) is 0 Å². The third-order valence-electron chi connectivity index (χ3n) is 5.46. The molecule has 1 aromatic carbocycles. The lowest BCUT2D eigenvalue weighted by Gasteiger charge is -2.19. The molecule has 1 aromatic heterocycles. The standard InChI is InChI=1S/C27H42N4O4/c1-5-6-7-8-9-10-11-12-13-21-14-16-22(17-15-21)25-30-24(35-31-25)20-29-23(32)18-19-28-26(33)34-27(2,3)4/h14-17H,5-13,18-20H2,1-4H3,(H,28,33)(H,29,32). The van der Waals surface area contributed by atoms with Crippen molar-refractivity contribution in [2.75, 3.05) is 6.54 Å². The second kappa shape index (κ2) is 15.2. The van der Waals surface area contributed by atoms with Crippen LogP contribution < -0.4 is 10.6 Å². The molecule has 0 aliphatic carbocycles. The van der Waals surface area contributed by atoms with Crippen molar-refractivity contribution in [2.45, 2.75) is 104 Å². The number of amides is 2. The summed E-state index contributed by atoms with van der Waals surface area (Å²) in [6.07, 6.45) is 11.2. The first-order chi connectivity index (χ1) is 16.8. The molecule has 1 heterocycles. The summed E-state index contributed by atoms with van der Waals surface area (Å²) in [7, 11) is 0. The Morgan fingerprint density at radius 1 is 0.943 bits per heavy atom. The number of alkyl carbamates (subject to hydrolysis) is 1. The lowest BCUT2D eigenvalue weighted by molar-refractivity contribution is -0.121. The molecule has 2 aromatic rings. The van der Waals surface area contributed by atoms with E-state index in [0.29, 0.717) is 11.7 Å². The largest absolute Gasteiger partial charge is 0.444 e. The third-order valence-corrected chi connectivity index (χ3v) is 5.46. The van der Waals surface area contributed by atoms with Gasteiger partial charge in [-0.05, 0) is 39.2 Å². The molecule has 0 fully saturated rings. The number of nitrogens with one attached hydrogen (secondary N) is 2. The highest BCUT2D eigenvalue weighted by molar-refractivity contribution is 5.76. The van der Waals surface area contributed by atoms with Crippen LogP contribution in [0.15, 0.2) is 28.8 Å². The Balaban J connectivity index is 1.65. The van der Waals surface area contributed by atoms with E-state index in [2.05, 4.69) is 39.8 Å². The molecule has 8 nitrogen and oxygen atoms in total. The van der Waals surface area contributed by atoms with E-state index in [9.17, 15) is 9.59 Å². The summed E-state index contributed by atoms with van der Waals surface area (Å²) in [4.78, 5) is 28.0. The lowest BCUT2D eigenvalue weighted by Crippen LogP contribution is -2.35. The van der Waals surface area contributed by atoms with Crippen LogP contribution in [-0.4, -0.2) is 34.3 Å². The van der Waals surface area contributed by atoms with Crippen LogP contribution in [0.5, 0.6) is 0 Å². The van der Waals surface area contributed by atoms with Crippen LogP contribution in [0.4, 0.5) is 4.79 Å². The number of benzene rings is 1. The highest BCUT2D eigenvalue weighted by Crippen LogP contribution is 2.18. The summed E-state index contributed by atoms with van der Waals surface area (Å²) in [5.41, 5.74) is 1.62. The van der Waals surface area contributed by atoms with Crippen LogP contribution in [0.25, 0.3) is 11.4 Å². The van der Waals surface area contributed by atoms with E-state index in [1.54, 1.807) is 20.8 Å². The van der Waals surface area contributed by atoms with Crippen molar-refractivity contribution in [3.63, 3.8) is 0 Å². The van der Waals surface area contributed by atoms with Gasteiger partial charge < -0.3 is 19.9 Å². The second-order valence-corrected chi connectivity index (χ2v) is 9.89. The molecule has 0 radical (unpaired) electrons. The fourth-order valence-electron chi connectivity index (χ4n) is 3.58. The van der Waals surface area contributed by atoms with E-state index in [4.69, 9.17) is 9.26 Å². The summed E-state index contributed by atoms with van der Waals surface area (Å²) >= 11 is 0. The number of hydrogen-bond donors (Lipinski definition) is 2. The number of aryl methyl sites for hydroxylation is 1. The minimum atomic E-state index is -0.574. The monoisotopic (exact) mass is 486 g/mol. The van der Waals surface area contributed by atoms with Crippen molar-refractivity contribution in [1.82, 2.24) is 20.8 Å². The number of hydrogen-bond acceptors (Lipinski definition) is 6. The van der Waals surface area contributed by atoms with Crippen molar-refractivity contribution < 1.29 is 18.8 Å². The number of aromatic nitrogens is 2. The van der Waals surface area contributed by atoms with E-state index >= 15 is 0 Å². The topological polar surface area (TPSA) is 106 Å². The minimum absolute atomic E-state index is 0.126. The summed E-state index contributed by atoms with van der Waals surface area (Å²) in [6, 6.07) is 8.25. The van der Waals surface area contributed by atoms with Crippen LogP contribution in [0.3, 0.4) is 0 Å². The number of carbonyl (C=O) groups is 2. The Kier molecular flexibility index (Phi) is 12.3. The van der Waals surface area contributed by atoms with Crippen LogP contribution >= 0.6 is 0 Å². The fraction of sp³-hybridized carbons (Fsp3) is 0.630. The van der Waals surface area contributed by atoms with Gasteiger partial charge in [0.2, 0.25) is 17.6 Å². The molecule has 0 atom stereocenters. The van der Waals surface area contributed by atoms with Gasteiger partial charge in [0.15, 0.2) is 0 Å². The van der Waals surface area contributed by atoms with E-state index in [0.717, 1.165) is 12.0 Å². The van der Waals surface area contributed by atoms with Crippen LogP contribution in [-0.2, 0) is 22.5 Å². The SMILES string of the molecule is CCCCCCCCCCc1ccc(-c2noc(CNC(=O)CCNC(=O)OC(C)(C)C)n2)cc1. The van der Waals surface area contributed by atoms with Crippen molar-refractivity contribution in [1.29, 1.82) is 0 Å². The molecule has 0 spiro atoms. The molecule has 0 unspecified atom stereocenters. The van der Waals surface area contributed by atoms with E-state index < -0.39 is 11.7 Å². The number of ether oxygens (including phenoxy) is 1. The van der Waals surface area contributed by atoms with Gasteiger partial charge in [-0.3, -0.25) is 4.79 Å². The number of unbranched alkanes of at least 4 members (excludes halogenated alkanes) is 7. The van der Waals surface area contributed by atoms with Crippen LogP contribution in [0, 0.1) is 0 Å². The third kappa shape index (κ3) is 12.4. The molecule has 0 saturated heterocycles. The number of nitrogens with zero attached hydrogens (tertiary/aromatic N) is 2. The number of carbonyl (C=O) groups excluding carboxylic acids is 2. The maximum atomic E-state index is 12.0. The Labute approximate surface area is 209 Å². The zero-order valence-electron chi connectivity index (χ0n) is 21.8. The second-order valence-electron chi connectivity index (χ2n) is 9.89. The summed E-state index contributed by atoms with van der Waals surface area (Å²) in [6.45, 7) is 7.91. The van der Waals surface area contributed by atoms with Crippen molar-refractivity contribution >= 4 is 12.0 Å². The Morgan fingerprint density at radius 2 is 1.60 bits per heavy atom. The molecule has 2 rings (SSSR count). The van der Waals surface area contributed by atoms with Gasteiger partial charge in [-0.25, -0.2) is 4.79 Å². The predicted octanol–water partition coefficient (Wildman–Crippen LogP) is 5.95. The van der Waals surface area contributed by atoms with E-state index in [-0.39, 0.29) is 25.4 Å². The quantitative estimate of drug-likeness (QED) is 0.301. The summed E-state index contributed by atoms with van der Waals surface area (Å²) in [5, 5.41) is 9.29. The van der Waals surface area contributed by atoms with Crippen molar-refractivity contribution in [3.8, 4) is 11.4 Å². The summed E-state index contributed by atoms with van der Waals surface area (Å²) < 4.78 is 10.4. The van der Waals surface area contributed by atoms with Gasteiger partial charge in [-0.15, -0.1) is 0 Å². The van der Waals surface area contributed by atoms with Crippen molar-refractivity contribution in [2.24, 2.45) is 0 Å². The maximum Gasteiger partial charge on any atom is 0.407 e. The molecule has 2 N–H and O–H groups in total. The molecule has 35 heavy (non-hydrogen) atoms. The Morgan fingerprint density at radius 3 is 2.26 bits per heavy atom. The van der Waals surface area contributed by atoms with Gasteiger partial charge in [0.1, 0.15) is 5.60 Å². The first kappa shape index (κ1) is 28.3. The highest BCUT2D eigenvalue weighted by atomic mass is 16.6. The molecule has 194 valence electrons. The van der Waals surface area contributed by atoms with Gasteiger partial charge in [0, 0.05) is 18.5 Å². The van der Waals surface area contributed by atoms with Gasteiger partial charge in [-0.1, -0.05) is 81.3 Å². The average Bonchev–Trinajstić information content (AvgIpc) is 3.28. The Bertz CT molecular complexity index is 887. The Hall–Kier alpha value is -2.90. The minimum Gasteiger partial charge on any atom is -0.444 e. The zero-order chi connectivity index (χ0) is 25.5. The molecule has 2 amide bonds. The average molecular weight is 487 g/mol. The smallest absolute Gasteiger partial charge is 0.407 e. The maximum absolute atomic E-state index is 12.0. The molecule has 0 saturated carbocycles. The lowest BCUT2D eigenvalue weighted by atomic mass is 10.0. The van der Waals surface area contributed by atoms with E-state index in [1.807, 2.05) is 12.1 Å². The van der Waals surface area contributed by atoms with Crippen LogP contribution in [0.1, 0.15) is 96.9 Å². The number of rotatable bonds is 15. The molecule has 0 bridgehead atoms. The highest BCUT2D eigenvalue weighted by Gasteiger charge is 2.16. The van der Waals surface area contributed by atoms with Gasteiger partial charge in [-0.2, -0.15) is 4.98 Å². The van der Waals surface area contributed by atoms with E-state index in [1.165, 1.54) is 56.9 Å². The fourth-order valence-corrected chi connectivity index (χ4v) is 3.58. The zero-order valence-corrected chi connectivity index (χ0v) is 21.8. The molecule has 0 aliphatic rings. The molecular weight excluding hydrogens is 444 g/mol. The molecular formula is C27H42N4O4. The normalized spacial score (nSPS) is 11.3. The van der Waals surface area contributed by atoms with Gasteiger partial charge in [0.05, 0.1) is 6.54 Å². The molecule has 8 heteroatoms.